The molecule has 7 nitrogen and oxygen atoms in total. The van der Waals surface area contributed by atoms with E-state index >= 15 is 0 Å². The predicted octanol–water partition coefficient (Wildman–Crippen LogP) is 1.52. The van der Waals surface area contributed by atoms with E-state index in [1.807, 2.05) is 0 Å². The molecule has 0 bridgehead atoms. The summed E-state index contributed by atoms with van der Waals surface area (Å²) in [6, 6.07) is 2.92. The molecule has 1 aromatic carbocycles. The van der Waals surface area contributed by atoms with Gasteiger partial charge < -0.3 is 5.11 Å². The minimum Gasteiger partial charge on any atom is -0.502 e. The third-order valence-corrected chi connectivity index (χ3v) is 4.65. The van der Waals surface area contributed by atoms with Crippen molar-refractivity contribution in [1.82, 2.24) is 4.72 Å². The van der Waals surface area contributed by atoms with E-state index in [-0.39, 0.29) is 10.9 Å². The van der Waals surface area contributed by atoms with Crippen molar-refractivity contribution in [2.45, 2.75) is 36.6 Å². The molecule has 2 N–H and O–H groups in total. The fourth-order valence-electron chi connectivity index (χ4n) is 2.15. The maximum absolute atomic E-state index is 12.1. The van der Waals surface area contributed by atoms with Crippen molar-refractivity contribution < 1.29 is 18.4 Å². The molecule has 1 aliphatic rings. The van der Waals surface area contributed by atoms with Crippen LogP contribution < -0.4 is 4.72 Å². The van der Waals surface area contributed by atoms with Crippen LogP contribution in [0, 0.1) is 10.1 Å². The molecule has 0 spiro atoms. The quantitative estimate of drug-likeness (QED) is 0.644. The second-order valence-electron chi connectivity index (χ2n) is 4.51. The molecule has 104 valence electrons. The van der Waals surface area contributed by atoms with Gasteiger partial charge in [-0.1, -0.05) is 12.8 Å². The second kappa shape index (κ2) is 5.14. The third kappa shape index (κ3) is 3.02. The Morgan fingerprint density at radius 3 is 2.53 bits per heavy atom. The van der Waals surface area contributed by atoms with Crippen molar-refractivity contribution in [2.24, 2.45) is 0 Å². The van der Waals surface area contributed by atoms with Crippen molar-refractivity contribution >= 4 is 15.7 Å². The predicted molar refractivity (Wildman–Crippen MR) is 67.3 cm³/mol. The lowest BCUT2D eigenvalue weighted by Gasteiger charge is -2.12. The van der Waals surface area contributed by atoms with Gasteiger partial charge >= 0.3 is 5.69 Å². The number of phenolic OH excluding ortho intramolecular Hbond substituents is 1. The smallest absolute Gasteiger partial charge is 0.312 e. The molecule has 0 unspecified atom stereocenters. The lowest BCUT2D eigenvalue weighted by atomic mass is 10.3. The Bertz CT molecular complexity index is 593. The van der Waals surface area contributed by atoms with E-state index in [1.165, 1.54) is 0 Å². The zero-order valence-electron chi connectivity index (χ0n) is 10.1. The zero-order valence-corrected chi connectivity index (χ0v) is 10.9. The van der Waals surface area contributed by atoms with E-state index in [4.69, 9.17) is 0 Å². The molecule has 0 saturated heterocycles. The molecule has 0 atom stereocenters. The standard InChI is InChI=1S/C11H14N2O5S/c14-11-6-5-9(7-10(11)13(15)16)19(17,18)12-8-3-1-2-4-8/h5-8,12,14H,1-4H2. The first-order chi connectivity index (χ1) is 8.90. The monoisotopic (exact) mass is 286 g/mol. The van der Waals surface area contributed by atoms with Crippen LogP contribution in [0.4, 0.5) is 5.69 Å². The lowest BCUT2D eigenvalue weighted by Crippen LogP contribution is -2.32. The fourth-order valence-corrected chi connectivity index (χ4v) is 3.47. The normalized spacial score (nSPS) is 16.6. The number of sulfonamides is 1. The first kappa shape index (κ1) is 13.8. The van der Waals surface area contributed by atoms with Crippen molar-refractivity contribution in [3.8, 4) is 5.75 Å². The molecular weight excluding hydrogens is 272 g/mol. The molecule has 8 heteroatoms. The molecule has 1 aromatic rings. The lowest BCUT2D eigenvalue weighted by molar-refractivity contribution is -0.386. The average Bonchev–Trinajstić information content (AvgIpc) is 2.80. The van der Waals surface area contributed by atoms with Gasteiger partial charge in [-0.2, -0.15) is 0 Å². The largest absolute Gasteiger partial charge is 0.502 e. The summed E-state index contributed by atoms with van der Waals surface area (Å²) in [6.07, 6.45) is 3.50. The van der Waals surface area contributed by atoms with Crippen molar-refractivity contribution in [3.05, 3.63) is 28.3 Å². The minimum absolute atomic E-state index is 0.113. The van der Waals surface area contributed by atoms with Crippen LogP contribution in [0.15, 0.2) is 23.1 Å². The van der Waals surface area contributed by atoms with Crippen LogP contribution in [0.1, 0.15) is 25.7 Å². The van der Waals surface area contributed by atoms with E-state index in [0.29, 0.717) is 0 Å². The van der Waals surface area contributed by atoms with Gasteiger partial charge in [0.1, 0.15) is 0 Å². The van der Waals surface area contributed by atoms with Gasteiger partial charge in [0.25, 0.3) is 0 Å². The molecule has 0 aromatic heterocycles. The second-order valence-corrected chi connectivity index (χ2v) is 6.22. The van der Waals surface area contributed by atoms with Gasteiger partial charge in [-0.25, -0.2) is 13.1 Å². The van der Waals surface area contributed by atoms with E-state index in [9.17, 15) is 23.6 Å². The highest BCUT2D eigenvalue weighted by molar-refractivity contribution is 7.89. The molecule has 1 saturated carbocycles. The van der Waals surface area contributed by atoms with Gasteiger partial charge in [0, 0.05) is 12.1 Å². The molecule has 2 rings (SSSR count). The van der Waals surface area contributed by atoms with E-state index in [1.54, 1.807) is 0 Å². The summed E-state index contributed by atoms with van der Waals surface area (Å²) < 4.78 is 26.6. The van der Waals surface area contributed by atoms with Crippen LogP contribution in [0.3, 0.4) is 0 Å². The molecule has 0 aliphatic heterocycles. The number of nitrogens with one attached hydrogen (secondary N) is 1. The number of nitro benzene ring substituents is 1. The molecule has 0 amide bonds. The average molecular weight is 286 g/mol. The zero-order chi connectivity index (χ0) is 14.0. The SMILES string of the molecule is O=[N+]([O-])c1cc(S(=O)(=O)NC2CCCC2)ccc1O. The number of hydrogen-bond acceptors (Lipinski definition) is 5. The number of phenols is 1. The summed E-state index contributed by atoms with van der Waals surface area (Å²) >= 11 is 0. The molecular formula is C11H14N2O5S. The molecule has 0 heterocycles. The topological polar surface area (TPSA) is 110 Å². The molecule has 0 radical (unpaired) electrons. The highest BCUT2D eigenvalue weighted by Crippen LogP contribution is 2.29. The van der Waals surface area contributed by atoms with Crippen LogP contribution in [0.5, 0.6) is 5.75 Å². The fraction of sp³-hybridized carbons (Fsp3) is 0.455. The van der Waals surface area contributed by atoms with Crippen molar-refractivity contribution in [3.63, 3.8) is 0 Å². The van der Waals surface area contributed by atoms with Crippen LogP contribution in [0.2, 0.25) is 0 Å². The summed E-state index contributed by atoms with van der Waals surface area (Å²) in [4.78, 5) is 9.66. The van der Waals surface area contributed by atoms with Crippen LogP contribution >= 0.6 is 0 Å². The van der Waals surface area contributed by atoms with Gasteiger partial charge in [-0.05, 0) is 25.0 Å². The van der Waals surface area contributed by atoms with E-state index < -0.39 is 26.4 Å². The Morgan fingerprint density at radius 1 is 1.32 bits per heavy atom. The van der Waals surface area contributed by atoms with Crippen LogP contribution in [-0.2, 0) is 10.0 Å². The molecule has 1 fully saturated rings. The summed E-state index contributed by atoms with van der Waals surface area (Å²) in [5.41, 5.74) is -0.616. The maximum atomic E-state index is 12.1. The molecule has 1 aliphatic carbocycles. The summed E-state index contributed by atoms with van der Waals surface area (Å²) in [5, 5.41) is 20.0. The van der Waals surface area contributed by atoms with Crippen molar-refractivity contribution in [1.29, 1.82) is 0 Å². The summed E-state index contributed by atoms with van der Waals surface area (Å²) in [6.45, 7) is 0. The van der Waals surface area contributed by atoms with Gasteiger partial charge in [0.2, 0.25) is 10.0 Å². The highest BCUT2D eigenvalue weighted by atomic mass is 32.2. The number of rotatable bonds is 4. The van der Waals surface area contributed by atoms with Gasteiger partial charge in [-0.3, -0.25) is 10.1 Å². The van der Waals surface area contributed by atoms with E-state index in [0.717, 1.165) is 43.9 Å². The van der Waals surface area contributed by atoms with Crippen LogP contribution in [-0.4, -0.2) is 24.5 Å². The summed E-state index contributed by atoms with van der Waals surface area (Å²) in [7, 11) is -3.78. The van der Waals surface area contributed by atoms with E-state index in [2.05, 4.69) is 4.72 Å². The summed E-state index contributed by atoms with van der Waals surface area (Å²) in [5.74, 6) is -0.551. The Balaban J connectivity index is 2.29. The number of hydrogen-bond donors (Lipinski definition) is 2. The Hall–Kier alpha value is -1.67. The van der Waals surface area contributed by atoms with Gasteiger partial charge in [0.05, 0.1) is 9.82 Å². The Kier molecular flexibility index (Phi) is 3.72. The van der Waals surface area contributed by atoms with Gasteiger partial charge in [-0.15, -0.1) is 0 Å². The number of nitrogens with zero attached hydrogens (tertiary/aromatic N) is 1. The minimum atomic E-state index is -3.78. The number of benzene rings is 1. The third-order valence-electron chi connectivity index (χ3n) is 3.13. The van der Waals surface area contributed by atoms with Crippen molar-refractivity contribution in [2.75, 3.05) is 0 Å². The maximum Gasteiger partial charge on any atom is 0.312 e. The molecule has 19 heavy (non-hydrogen) atoms. The first-order valence-corrected chi connectivity index (χ1v) is 7.38. The number of aromatic hydroxyl groups is 1. The number of nitro groups is 1. The Labute approximate surface area is 110 Å². The Morgan fingerprint density at radius 2 is 1.95 bits per heavy atom. The highest BCUT2D eigenvalue weighted by Gasteiger charge is 2.25. The first-order valence-electron chi connectivity index (χ1n) is 5.90. The van der Waals surface area contributed by atoms with Crippen LogP contribution in [0.25, 0.3) is 0 Å². The van der Waals surface area contributed by atoms with Gasteiger partial charge in [0.15, 0.2) is 5.75 Å².